The first-order valence-corrected chi connectivity index (χ1v) is 8.79. The molecule has 3 atom stereocenters. The first-order valence-electron chi connectivity index (χ1n) is 8.79. The highest BCUT2D eigenvalue weighted by Crippen LogP contribution is 2.40. The molecule has 2 N–H and O–H groups in total. The van der Waals surface area contributed by atoms with Crippen molar-refractivity contribution < 1.29 is 4.74 Å². The average molecular weight is 337 g/mol. The molecule has 1 saturated carbocycles. The number of fused-ring (bicyclic) bond motifs is 2. The number of nitrogens with two attached hydrogens (primary N) is 1. The van der Waals surface area contributed by atoms with Crippen LogP contribution in [0.5, 0.6) is 5.75 Å². The molecule has 0 bridgehead atoms. The summed E-state index contributed by atoms with van der Waals surface area (Å²) >= 11 is 0. The van der Waals surface area contributed by atoms with Gasteiger partial charge in [0.15, 0.2) is 0 Å². The normalized spacial score (nSPS) is 31.9. The van der Waals surface area contributed by atoms with E-state index in [9.17, 15) is 0 Å². The SMILES string of the molecule is CC1(C)Cc2cccc(CN3CC4CCCC(N)C4C3)c2O1.Cl. The van der Waals surface area contributed by atoms with Gasteiger partial charge in [-0.05, 0) is 44.1 Å². The van der Waals surface area contributed by atoms with E-state index in [1.807, 2.05) is 0 Å². The number of rotatable bonds is 2. The van der Waals surface area contributed by atoms with Crippen LogP contribution in [0.15, 0.2) is 18.2 Å². The number of hydrogen-bond donors (Lipinski definition) is 1. The van der Waals surface area contributed by atoms with Crippen LogP contribution in [0, 0.1) is 11.8 Å². The summed E-state index contributed by atoms with van der Waals surface area (Å²) in [6.07, 6.45) is 4.92. The van der Waals surface area contributed by atoms with Crippen molar-refractivity contribution >= 4 is 12.4 Å². The summed E-state index contributed by atoms with van der Waals surface area (Å²) in [6.45, 7) is 7.75. The number of likely N-dealkylation sites (tertiary alicyclic amines) is 1. The molecule has 3 nitrogen and oxygen atoms in total. The molecule has 128 valence electrons. The minimum atomic E-state index is -0.0558. The van der Waals surface area contributed by atoms with Gasteiger partial charge in [-0.25, -0.2) is 0 Å². The van der Waals surface area contributed by atoms with Crippen LogP contribution in [0.4, 0.5) is 0 Å². The molecule has 1 aromatic carbocycles. The zero-order chi connectivity index (χ0) is 15.3. The van der Waals surface area contributed by atoms with Crippen LogP contribution in [0.2, 0.25) is 0 Å². The van der Waals surface area contributed by atoms with Crippen molar-refractivity contribution in [2.75, 3.05) is 13.1 Å². The fourth-order valence-corrected chi connectivity index (χ4v) is 4.78. The number of halogens is 1. The second-order valence-electron chi connectivity index (χ2n) is 8.16. The molecule has 2 heterocycles. The van der Waals surface area contributed by atoms with Gasteiger partial charge in [-0.1, -0.05) is 24.6 Å². The number of ether oxygens (including phenoxy) is 1. The third-order valence-corrected chi connectivity index (χ3v) is 5.80. The van der Waals surface area contributed by atoms with E-state index in [1.54, 1.807) is 0 Å². The van der Waals surface area contributed by atoms with Crippen molar-refractivity contribution in [1.29, 1.82) is 0 Å². The summed E-state index contributed by atoms with van der Waals surface area (Å²) in [7, 11) is 0. The summed E-state index contributed by atoms with van der Waals surface area (Å²) in [4.78, 5) is 2.60. The van der Waals surface area contributed by atoms with Crippen LogP contribution in [0.25, 0.3) is 0 Å². The Morgan fingerprint density at radius 2 is 2.09 bits per heavy atom. The first kappa shape index (κ1) is 17.1. The van der Waals surface area contributed by atoms with E-state index >= 15 is 0 Å². The molecule has 3 aliphatic rings. The smallest absolute Gasteiger partial charge is 0.127 e. The van der Waals surface area contributed by atoms with Gasteiger partial charge in [-0.2, -0.15) is 0 Å². The Morgan fingerprint density at radius 3 is 2.87 bits per heavy atom. The summed E-state index contributed by atoms with van der Waals surface area (Å²) < 4.78 is 6.22. The molecular formula is C19H29ClN2O. The minimum absolute atomic E-state index is 0. The van der Waals surface area contributed by atoms with Gasteiger partial charge in [-0.15, -0.1) is 12.4 Å². The fraction of sp³-hybridized carbons (Fsp3) is 0.684. The van der Waals surface area contributed by atoms with Crippen LogP contribution >= 0.6 is 12.4 Å². The Hall–Kier alpha value is -0.770. The molecule has 1 saturated heterocycles. The standard InChI is InChI=1S/C19H28N2O.ClH/c1-19(2)9-13-5-3-7-15(18(13)22-19)11-21-10-14-6-4-8-17(20)16(14)12-21;/h3,5,7,14,16-17H,4,6,8-12,20H2,1-2H3;1H. The van der Waals surface area contributed by atoms with E-state index in [-0.39, 0.29) is 18.0 Å². The first-order chi connectivity index (χ1) is 10.5. The summed E-state index contributed by atoms with van der Waals surface area (Å²) in [5.41, 5.74) is 9.02. The van der Waals surface area contributed by atoms with Gasteiger partial charge in [0.2, 0.25) is 0 Å². The molecule has 1 aromatic rings. The lowest BCUT2D eigenvalue weighted by molar-refractivity contribution is 0.135. The molecule has 1 aliphatic carbocycles. The maximum absolute atomic E-state index is 6.35. The van der Waals surface area contributed by atoms with Gasteiger partial charge in [0.1, 0.15) is 11.4 Å². The molecular weight excluding hydrogens is 308 g/mol. The van der Waals surface area contributed by atoms with Crippen LogP contribution in [0.1, 0.15) is 44.2 Å². The van der Waals surface area contributed by atoms with Crippen molar-refractivity contribution in [2.45, 2.75) is 57.7 Å². The van der Waals surface area contributed by atoms with Crippen molar-refractivity contribution in [3.63, 3.8) is 0 Å². The van der Waals surface area contributed by atoms with Gasteiger partial charge in [0, 0.05) is 37.7 Å². The maximum Gasteiger partial charge on any atom is 0.127 e. The third-order valence-electron chi connectivity index (χ3n) is 5.80. The largest absolute Gasteiger partial charge is 0.487 e. The van der Waals surface area contributed by atoms with Crippen molar-refractivity contribution in [1.82, 2.24) is 4.90 Å². The quantitative estimate of drug-likeness (QED) is 0.899. The highest BCUT2D eigenvalue weighted by atomic mass is 35.5. The molecule has 0 spiro atoms. The van der Waals surface area contributed by atoms with Crippen molar-refractivity contribution in [3.05, 3.63) is 29.3 Å². The zero-order valence-electron chi connectivity index (χ0n) is 14.3. The monoisotopic (exact) mass is 336 g/mol. The average Bonchev–Trinajstić information content (AvgIpc) is 2.99. The minimum Gasteiger partial charge on any atom is -0.487 e. The predicted octanol–water partition coefficient (Wildman–Crippen LogP) is 3.38. The number of para-hydroxylation sites is 1. The zero-order valence-corrected chi connectivity index (χ0v) is 15.1. The van der Waals surface area contributed by atoms with E-state index in [0.29, 0.717) is 12.0 Å². The molecule has 0 aromatic heterocycles. The lowest BCUT2D eigenvalue weighted by atomic mass is 9.78. The van der Waals surface area contributed by atoms with Crippen molar-refractivity contribution in [3.8, 4) is 5.75 Å². The molecule has 2 fully saturated rings. The maximum atomic E-state index is 6.35. The Bertz CT molecular complexity index is 574. The lowest BCUT2D eigenvalue weighted by Gasteiger charge is -2.29. The van der Waals surface area contributed by atoms with E-state index in [4.69, 9.17) is 10.5 Å². The van der Waals surface area contributed by atoms with Gasteiger partial charge in [-0.3, -0.25) is 4.90 Å². The van der Waals surface area contributed by atoms with Gasteiger partial charge in [0.25, 0.3) is 0 Å². The fourth-order valence-electron chi connectivity index (χ4n) is 4.78. The predicted molar refractivity (Wildman–Crippen MR) is 96.2 cm³/mol. The Morgan fingerprint density at radius 1 is 1.26 bits per heavy atom. The second-order valence-corrected chi connectivity index (χ2v) is 8.16. The summed E-state index contributed by atoms with van der Waals surface area (Å²) in [5.74, 6) is 2.67. The summed E-state index contributed by atoms with van der Waals surface area (Å²) in [5, 5.41) is 0. The van der Waals surface area contributed by atoms with E-state index in [1.165, 1.54) is 43.5 Å². The Labute approximate surface area is 146 Å². The number of hydrogen-bond acceptors (Lipinski definition) is 3. The number of benzene rings is 1. The highest BCUT2D eigenvalue weighted by molar-refractivity contribution is 5.85. The second kappa shape index (κ2) is 6.27. The van der Waals surface area contributed by atoms with Crippen molar-refractivity contribution in [2.24, 2.45) is 17.6 Å². The van der Waals surface area contributed by atoms with E-state index < -0.39 is 0 Å². The van der Waals surface area contributed by atoms with Crippen LogP contribution < -0.4 is 10.5 Å². The van der Waals surface area contributed by atoms with Gasteiger partial charge >= 0.3 is 0 Å². The van der Waals surface area contributed by atoms with E-state index in [2.05, 4.69) is 36.9 Å². The van der Waals surface area contributed by atoms with E-state index in [0.717, 1.165) is 24.6 Å². The van der Waals surface area contributed by atoms with Gasteiger partial charge in [0.05, 0.1) is 0 Å². The molecule has 2 aliphatic heterocycles. The Balaban J connectivity index is 0.00000156. The van der Waals surface area contributed by atoms with Crippen LogP contribution in [0.3, 0.4) is 0 Å². The Kier molecular flexibility index (Phi) is 4.65. The molecule has 3 unspecified atom stereocenters. The molecule has 23 heavy (non-hydrogen) atoms. The lowest BCUT2D eigenvalue weighted by Crippen LogP contribution is -2.38. The molecule has 4 rings (SSSR count). The van der Waals surface area contributed by atoms with Crippen LogP contribution in [-0.4, -0.2) is 29.6 Å². The molecule has 0 radical (unpaired) electrons. The van der Waals surface area contributed by atoms with Gasteiger partial charge < -0.3 is 10.5 Å². The highest BCUT2D eigenvalue weighted by Gasteiger charge is 2.39. The molecule has 4 heteroatoms. The van der Waals surface area contributed by atoms with Crippen LogP contribution in [-0.2, 0) is 13.0 Å². The topological polar surface area (TPSA) is 38.5 Å². The third kappa shape index (κ3) is 3.24. The molecule has 0 amide bonds. The summed E-state index contributed by atoms with van der Waals surface area (Å²) in [6, 6.07) is 7.06. The number of nitrogens with zero attached hydrogens (tertiary/aromatic N) is 1.